The molecule has 0 aliphatic carbocycles. The topological polar surface area (TPSA) is 73.1 Å². The van der Waals surface area contributed by atoms with Crippen LogP contribution in [-0.4, -0.2) is 15.7 Å². The Morgan fingerprint density at radius 3 is 2.67 bits per heavy atom. The first kappa shape index (κ1) is 12.8. The van der Waals surface area contributed by atoms with E-state index in [1.165, 1.54) is 0 Å². The van der Waals surface area contributed by atoms with Crippen molar-refractivity contribution in [3.63, 3.8) is 0 Å². The minimum absolute atomic E-state index is 0.0670. The molecule has 18 heavy (non-hydrogen) atoms. The number of rotatable bonds is 4. The summed E-state index contributed by atoms with van der Waals surface area (Å²) in [6, 6.07) is 8.65. The quantitative estimate of drug-likeness (QED) is 0.491. The van der Waals surface area contributed by atoms with E-state index < -0.39 is 4.92 Å². The molecule has 2 rings (SSSR count). The average molecular weight is 327 g/mol. The predicted octanol–water partition coefficient (Wildman–Crippen LogP) is 3.24. The number of benzene rings is 1. The largest absolute Gasteiger partial charge is 0.348 e. The third-order valence-electron chi connectivity index (χ3n) is 2.24. The zero-order valence-corrected chi connectivity index (χ0v) is 11.4. The van der Waals surface area contributed by atoms with Gasteiger partial charge in [0.15, 0.2) is 9.70 Å². The van der Waals surface area contributed by atoms with Crippen molar-refractivity contribution in [2.75, 3.05) is 0 Å². The number of nitro groups is 1. The molecule has 0 radical (unpaired) electrons. The van der Waals surface area contributed by atoms with Crippen LogP contribution in [0.2, 0.25) is 0 Å². The van der Waals surface area contributed by atoms with Crippen LogP contribution in [0, 0.1) is 10.1 Å². The fourth-order valence-corrected chi connectivity index (χ4v) is 2.75. The average Bonchev–Trinajstić information content (AvgIpc) is 2.71. The van der Waals surface area contributed by atoms with Crippen LogP contribution < -0.4 is 0 Å². The van der Waals surface area contributed by atoms with Crippen LogP contribution >= 0.6 is 27.3 Å². The first-order valence-electron chi connectivity index (χ1n) is 4.96. The summed E-state index contributed by atoms with van der Waals surface area (Å²) in [6.07, 6.45) is -0.0670. The number of carbonyl (C=O) groups is 1. The smallest absolute Gasteiger partial charge is 0.294 e. The fraction of sp³-hybridized carbons (Fsp3) is 0.0909. The summed E-state index contributed by atoms with van der Waals surface area (Å²) in [5, 5.41) is 10.7. The molecule has 2 aromatic rings. The van der Waals surface area contributed by atoms with Gasteiger partial charge in [0, 0.05) is 5.56 Å². The highest BCUT2D eigenvalue weighted by molar-refractivity contribution is 9.11. The van der Waals surface area contributed by atoms with Crippen LogP contribution in [0.1, 0.15) is 16.1 Å². The highest BCUT2D eigenvalue weighted by atomic mass is 79.9. The fourth-order valence-electron chi connectivity index (χ4n) is 1.45. The minimum Gasteiger partial charge on any atom is -0.294 e. The van der Waals surface area contributed by atoms with Gasteiger partial charge < -0.3 is 0 Å². The SMILES string of the molecule is O=C(Cc1nc(Br)sc1[N+](=O)[O-])c1ccccc1. The standard InChI is InChI=1S/C11H7BrN2O3S/c12-11-13-8(10(18-11)14(16)17)6-9(15)7-4-2-1-3-5-7/h1-5H,6H2. The van der Waals surface area contributed by atoms with Gasteiger partial charge in [-0.25, -0.2) is 4.98 Å². The van der Waals surface area contributed by atoms with Gasteiger partial charge in [-0.1, -0.05) is 30.3 Å². The van der Waals surface area contributed by atoms with Crippen LogP contribution in [-0.2, 0) is 6.42 Å². The van der Waals surface area contributed by atoms with E-state index in [-0.39, 0.29) is 22.9 Å². The number of ketones is 1. The number of thiazole rings is 1. The van der Waals surface area contributed by atoms with Crippen molar-refractivity contribution in [2.45, 2.75) is 6.42 Å². The molecule has 0 unspecified atom stereocenters. The van der Waals surface area contributed by atoms with E-state index >= 15 is 0 Å². The molecular formula is C11H7BrN2O3S. The van der Waals surface area contributed by atoms with Crippen LogP contribution in [0.5, 0.6) is 0 Å². The van der Waals surface area contributed by atoms with Crippen molar-refractivity contribution < 1.29 is 9.72 Å². The molecular weight excluding hydrogens is 320 g/mol. The number of aromatic nitrogens is 1. The summed E-state index contributed by atoms with van der Waals surface area (Å²) in [6.45, 7) is 0. The molecule has 5 nitrogen and oxygen atoms in total. The number of hydrogen-bond donors (Lipinski definition) is 0. The molecule has 0 saturated carbocycles. The van der Waals surface area contributed by atoms with Crippen molar-refractivity contribution in [3.8, 4) is 0 Å². The van der Waals surface area contributed by atoms with Crippen molar-refractivity contribution in [3.05, 3.63) is 55.6 Å². The maximum absolute atomic E-state index is 11.9. The highest BCUT2D eigenvalue weighted by Gasteiger charge is 2.22. The number of halogens is 1. The maximum Gasteiger partial charge on any atom is 0.348 e. The molecule has 7 heteroatoms. The normalized spacial score (nSPS) is 10.3. The zero-order valence-electron chi connectivity index (χ0n) is 9.00. The van der Waals surface area contributed by atoms with E-state index in [9.17, 15) is 14.9 Å². The van der Waals surface area contributed by atoms with E-state index in [4.69, 9.17) is 0 Å². The van der Waals surface area contributed by atoms with Gasteiger partial charge in [-0.05, 0) is 27.3 Å². The second kappa shape index (κ2) is 5.36. The molecule has 1 heterocycles. The summed E-state index contributed by atoms with van der Waals surface area (Å²) in [4.78, 5) is 26.2. The van der Waals surface area contributed by atoms with Crippen molar-refractivity contribution >= 4 is 38.1 Å². The lowest BCUT2D eigenvalue weighted by Crippen LogP contribution is -2.05. The molecule has 0 spiro atoms. The van der Waals surface area contributed by atoms with Crippen LogP contribution in [0.15, 0.2) is 34.2 Å². The highest BCUT2D eigenvalue weighted by Crippen LogP contribution is 2.31. The van der Waals surface area contributed by atoms with Crippen LogP contribution in [0.25, 0.3) is 0 Å². The van der Waals surface area contributed by atoms with E-state index in [0.717, 1.165) is 11.3 Å². The second-order valence-electron chi connectivity index (χ2n) is 3.44. The number of hydrogen-bond acceptors (Lipinski definition) is 5. The first-order valence-corrected chi connectivity index (χ1v) is 6.56. The van der Waals surface area contributed by atoms with E-state index in [1.807, 2.05) is 0 Å². The molecule has 0 fully saturated rings. The van der Waals surface area contributed by atoms with E-state index in [0.29, 0.717) is 9.48 Å². The maximum atomic E-state index is 11.9. The number of nitrogens with zero attached hydrogens (tertiary/aromatic N) is 2. The van der Waals surface area contributed by atoms with Crippen LogP contribution in [0.4, 0.5) is 5.00 Å². The Kier molecular flexibility index (Phi) is 3.83. The number of carbonyl (C=O) groups excluding carboxylic acids is 1. The van der Waals surface area contributed by atoms with Crippen molar-refractivity contribution in [1.82, 2.24) is 4.98 Å². The molecule has 0 N–H and O–H groups in total. The molecule has 0 bridgehead atoms. The Hall–Kier alpha value is -1.60. The van der Waals surface area contributed by atoms with Gasteiger partial charge >= 0.3 is 5.00 Å². The summed E-state index contributed by atoms with van der Waals surface area (Å²) in [5.41, 5.74) is 0.724. The molecule has 0 saturated heterocycles. The molecule has 1 aromatic carbocycles. The van der Waals surface area contributed by atoms with Gasteiger partial charge in [-0.3, -0.25) is 14.9 Å². The van der Waals surface area contributed by atoms with Gasteiger partial charge in [0.1, 0.15) is 5.69 Å². The molecule has 0 atom stereocenters. The summed E-state index contributed by atoms with van der Waals surface area (Å²) >= 11 is 4.00. The minimum atomic E-state index is -0.518. The zero-order chi connectivity index (χ0) is 13.1. The lowest BCUT2D eigenvalue weighted by molar-refractivity contribution is -0.381. The lowest BCUT2D eigenvalue weighted by atomic mass is 10.1. The third-order valence-corrected chi connectivity index (χ3v) is 3.74. The molecule has 1 aromatic heterocycles. The molecule has 92 valence electrons. The Bertz CT molecular complexity index is 598. The summed E-state index contributed by atoms with van der Waals surface area (Å²) in [5.74, 6) is -0.184. The lowest BCUT2D eigenvalue weighted by Gasteiger charge is -1.97. The first-order chi connectivity index (χ1) is 8.58. The Balaban J connectivity index is 2.25. The second-order valence-corrected chi connectivity index (χ2v) is 5.70. The van der Waals surface area contributed by atoms with Gasteiger partial charge in [0.05, 0.1) is 11.3 Å². The Labute approximate surface area is 115 Å². The van der Waals surface area contributed by atoms with Gasteiger partial charge in [-0.15, -0.1) is 0 Å². The third kappa shape index (κ3) is 2.80. The van der Waals surface area contributed by atoms with E-state index in [2.05, 4.69) is 20.9 Å². The van der Waals surface area contributed by atoms with Gasteiger partial charge in [-0.2, -0.15) is 0 Å². The number of Topliss-reactive ketones (excluding diaryl/α,β-unsaturated/α-hetero) is 1. The molecule has 0 aliphatic heterocycles. The summed E-state index contributed by atoms with van der Waals surface area (Å²) in [7, 11) is 0. The van der Waals surface area contributed by atoms with Crippen molar-refractivity contribution in [1.29, 1.82) is 0 Å². The summed E-state index contributed by atoms with van der Waals surface area (Å²) < 4.78 is 0.407. The molecule has 0 amide bonds. The van der Waals surface area contributed by atoms with Gasteiger partial charge in [0.25, 0.3) is 0 Å². The molecule has 0 aliphatic rings. The van der Waals surface area contributed by atoms with Crippen LogP contribution in [0.3, 0.4) is 0 Å². The Morgan fingerprint density at radius 2 is 2.06 bits per heavy atom. The predicted molar refractivity (Wildman–Crippen MR) is 70.9 cm³/mol. The monoisotopic (exact) mass is 326 g/mol. The van der Waals surface area contributed by atoms with Crippen molar-refractivity contribution in [2.24, 2.45) is 0 Å². The van der Waals surface area contributed by atoms with Gasteiger partial charge in [0.2, 0.25) is 0 Å². The Morgan fingerprint density at radius 1 is 1.39 bits per heavy atom. The van der Waals surface area contributed by atoms with E-state index in [1.54, 1.807) is 30.3 Å².